The van der Waals surface area contributed by atoms with Gasteiger partial charge in [0.05, 0.1) is 6.42 Å². The highest BCUT2D eigenvalue weighted by atomic mass is 32.2. The van der Waals surface area contributed by atoms with E-state index >= 15 is 0 Å². The Bertz CT molecular complexity index is 208. The van der Waals surface area contributed by atoms with E-state index in [0.29, 0.717) is 0 Å². The molecule has 5 nitrogen and oxygen atoms in total. The quantitative estimate of drug-likeness (QED) is 0.548. The number of hydrogen-bond acceptors (Lipinski definition) is 4. The second kappa shape index (κ2) is 3.97. The van der Waals surface area contributed by atoms with Gasteiger partial charge in [-0.1, -0.05) is 0 Å². The molecule has 0 aliphatic carbocycles. The van der Waals surface area contributed by atoms with Crippen molar-refractivity contribution in [3.05, 3.63) is 0 Å². The third-order valence-electron chi connectivity index (χ3n) is 1.66. The van der Waals surface area contributed by atoms with Crippen LogP contribution < -0.4 is 16.4 Å². The molecule has 1 aliphatic rings. The van der Waals surface area contributed by atoms with Gasteiger partial charge in [0.25, 0.3) is 0 Å². The molecule has 6 heteroatoms. The molecule has 74 valence electrons. The fourth-order valence-electron chi connectivity index (χ4n) is 1.30. The summed E-state index contributed by atoms with van der Waals surface area (Å²) >= 11 is 1.50. The molecule has 0 bridgehead atoms. The van der Waals surface area contributed by atoms with E-state index in [1.54, 1.807) is 0 Å². The van der Waals surface area contributed by atoms with Crippen molar-refractivity contribution >= 4 is 23.6 Å². The number of primary amides is 1. The minimum absolute atomic E-state index is 0.122. The van der Waals surface area contributed by atoms with Gasteiger partial charge in [-0.15, -0.1) is 11.8 Å². The van der Waals surface area contributed by atoms with Crippen LogP contribution in [0.15, 0.2) is 0 Å². The van der Waals surface area contributed by atoms with Crippen molar-refractivity contribution in [1.82, 2.24) is 10.6 Å². The monoisotopic (exact) mass is 203 g/mol. The van der Waals surface area contributed by atoms with Gasteiger partial charge in [0.2, 0.25) is 11.8 Å². The van der Waals surface area contributed by atoms with Crippen LogP contribution in [0.25, 0.3) is 0 Å². The Morgan fingerprint density at radius 1 is 1.69 bits per heavy atom. The van der Waals surface area contributed by atoms with Gasteiger partial charge in [-0.3, -0.25) is 14.9 Å². The third kappa shape index (κ3) is 2.89. The van der Waals surface area contributed by atoms with E-state index in [-0.39, 0.29) is 12.3 Å². The van der Waals surface area contributed by atoms with Crippen LogP contribution >= 0.6 is 11.8 Å². The van der Waals surface area contributed by atoms with E-state index in [0.717, 1.165) is 12.3 Å². The Hall–Kier alpha value is -0.750. The van der Waals surface area contributed by atoms with Gasteiger partial charge in [0, 0.05) is 19.2 Å². The molecule has 0 saturated carbocycles. The molecular formula is C7H13N3O2S. The number of rotatable bonds is 3. The number of nitrogens with two attached hydrogens (primary N) is 1. The summed E-state index contributed by atoms with van der Waals surface area (Å²) in [6.45, 7) is 2.20. The summed E-state index contributed by atoms with van der Waals surface area (Å²) in [5.74, 6) is 0.284. The van der Waals surface area contributed by atoms with Crippen molar-refractivity contribution in [1.29, 1.82) is 0 Å². The van der Waals surface area contributed by atoms with Crippen molar-refractivity contribution in [2.24, 2.45) is 5.73 Å². The highest BCUT2D eigenvalue weighted by Gasteiger charge is 2.36. The van der Waals surface area contributed by atoms with Crippen LogP contribution in [0.1, 0.15) is 13.3 Å². The van der Waals surface area contributed by atoms with Crippen molar-refractivity contribution in [3.8, 4) is 0 Å². The molecule has 1 saturated heterocycles. The van der Waals surface area contributed by atoms with Gasteiger partial charge in [-0.2, -0.15) is 0 Å². The van der Waals surface area contributed by atoms with Gasteiger partial charge < -0.3 is 11.1 Å². The summed E-state index contributed by atoms with van der Waals surface area (Å²) < 4.78 is 0. The Labute approximate surface area is 80.8 Å². The zero-order valence-corrected chi connectivity index (χ0v) is 8.24. The maximum atomic E-state index is 10.9. The van der Waals surface area contributed by atoms with E-state index in [4.69, 9.17) is 5.73 Å². The smallest absolute Gasteiger partial charge is 0.222 e. The Kier molecular flexibility index (Phi) is 3.16. The standard InChI is InChI=1S/C7H13N3O2S/c1-5(11)10-7(4-6(8)12)9-2-3-13-7/h9H,2-4H2,1H3,(H2,8,12)(H,10,11). The molecule has 0 aromatic rings. The van der Waals surface area contributed by atoms with Gasteiger partial charge in [-0.25, -0.2) is 0 Å². The van der Waals surface area contributed by atoms with E-state index in [1.807, 2.05) is 0 Å². The fourth-order valence-corrected chi connectivity index (χ4v) is 2.51. The molecule has 0 aromatic heterocycles. The molecule has 1 atom stereocenters. The number of thioether (sulfide) groups is 1. The van der Waals surface area contributed by atoms with Crippen LogP contribution in [-0.2, 0) is 9.59 Å². The van der Waals surface area contributed by atoms with Crippen molar-refractivity contribution < 1.29 is 9.59 Å². The second-order valence-electron chi connectivity index (χ2n) is 2.93. The van der Waals surface area contributed by atoms with Crippen molar-refractivity contribution in [3.63, 3.8) is 0 Å². The van der Waals surface area contributed by atoms with Gasteiger partial charge in [-0.05, 0) is 0 Å². The number of carbonyl (C=O) groups is 2. The number of amides is 2. The molecule has 13 heavy (non-hydrogen) atoms. The van der Waals surface area contributed by atoms with Crippen LogP contribution in [-0.4, -0.2) is 29.1 Å². The largest absolute Gasteiger partial charge is 0.370 e. The van der Waals surface area contributed by atoms with E-state index in [1.165, 1.54) is 18.7 Å². The lowest BCUT2D eigenvalue weighted by Gasteiger charge is -2.27. The summed E-state index contributed by atoms with van der Waals surface area (Å²) in [4.78, 5) is 21.0. The SMILES string of the molecule is CC(=O)NC1(CC(N)=O)NCCS1. The predicted octanol–water partition coefficient (Wildman–Crippen LogP) is -1.01. The first-order valence-corrected chi connectivity index (χ1v) is 4.99. The average Bonchev–Trinajstić information content (AvgIpc) is 2.33. The first kappa shape index (κ1) is 10.3. The molecule has 0 radical (unpaired) electrons. The highest BCUT2D eigenvalue weighted by Crippen LogP contribution is 2.27. The van der Waals surface area contributed by atoms with Crippen LogP contribution in [0.3, 0.4) is 0 Å². The van der Waals surface area contributed by atoms with Gasteiger partial charge >= 0.3 is 0 Å². The molecule has 0 aromatic carbocycles. The number of nitrogens with one attached hydrogen (secondary N) is 2. The Morgan fingerprint density at radius 2 is 2.38 bits per heavy atom. The van der Waals surface area contributed by atoms with Crippen LogP contribution in [0.4, 0.5) is 0 Å². The minimum atomic E-state index is -0.669. The van der Waals surface area contributed by atoms with Crippen LogP contribution in [0, 0.1) is 0 Å². The molecule has 0 spiro atoms. The average molecular weight is 203 g/mol. The molecule has 1 unspecified atom stereocenters. The first-order valence-electron chi connectivity index (χ1n) is 4.00. The Balaban J connectivity index is 2.62. The van der Waals surface area contributed by atoms with Gasteiger partial charge in [0.1, 0.15) is 4.99 Å². The second-order valence-corrected chi connectivity index (χ2v) is 4.32. The highest BCUT2D eigenvalue weighted by molar-refractivity contribution is 8.00. The predicted molar refractivity (Wildman–Crippen MR) is 50.8 cm³/mol. The maximum absolute atomic E-state index is 10.9. The number of hydrogen-bond donors (Lipinski definition) is 3. The van der Waals surface area contributed by atoms with Crippen LogP contribution in [0.2, 0.25) is 0 Å². The minimum Gasteiger partial charge on any atom is -0.370 e. The number of carbonyl (C=O) groups excluding carboxylic acids is 2. The maximum Gasteiger partial charge on any atom is 0.222 e. The summed E-state index contributed by atoms with van der Waals surface area (Å²) in [6, 6.07) is 0. The van der Waals surface area contributed by atoms with E-state index in [2.05, 4.69) is 10.6 Å². The summed E-state index contributed by atoms with van der Waals surface area (Å²) in [5, 5.41) is 5.76. The van der Waals surface area contributed by atoms with Crippen molar-refractivity contribution in [2.75, 3.05) is 12.3 Å². The summed E-state index contributed by atoms with van der Waals surface area (Å²) in [7, 11) is 0. The molecule has 1 heterocycles. The normalized spacial score (nSPS) is 27.2. The molecule has 1 rings (SSSR count). The lowest BCUT2D eigenvalue weighted by Crippen LogP contribution is -2.54. The molecule has 1 fully saturated rings. The van der Waals surface area contributed by atoms with Crippen LogP contribution in [0.5, 0.6) is 0 Å². The van der Waals surface area contributed by atoms with E-state index < -0.39 is 10.9 Å². The summed E-state index contributed by atoms with van der Waals surface area (Å²) in [6.07, 6.45) is 0.122. The topological polar surface area (TPSA) is 84.2 Å². The fraction of sp³-hybridized carbons (Fsp3) is 0.714. The van der Waals surface area contributed by atoms with E-state index in [9.17, 15) is 9.59 Å². The summed E-state index contributed by atoms with van der Waals surface area (Å²) in [5.41, 5.74) is 5.09. The molecular weight excluding hydrogens is 190 g/mol. The van der Waals surface area contributed by atoms with Crippen molar-refractivity contribution in [2.45, 2.75) is 18.3 Å². The zero-order chi connectivity index (χ0) is 9.90. The Morgan fingerprint density at radius 3 is 2.77 bits per heavy atom. The molecule has 2 amide bonds. The zero-order valence-electron chi connectivity index (χ0n) is 7.42. The lowest BCUT2D eigenvalue weighted by atomic mass is 10.3. The van der Waals surface area contributed by atoms with Gasteiger partial charge in [0.15, 0.2) is 0 Å². The first-order chi connectivity index (χ1) is 6.04. The lowest BCUT2D eigenvalue weighted by molar-refractivity contribution is -0.121. The molecule has 1 aliphatic heterocycles. The molecule has 4 N–H and O–H groups in total. The third-order valence-corrected chi connectivity index (χ3v) is 2.95.